The van der Waals surface area contributed by atoms with Gasteiger partial charge in [0.15, 0.2) is 0 Å². The Balaban J connectivity index is 0.000000369. The number of fused-ring (bicyclic) bond motifs is 1. The van der Waals surface area contributed by atoms with Gasteiger partial charge in [0, 0.05) is 47.8 Å². The molecule has 0 saturated heterocycles. The molecule has 0 fully saturated rings. The minimum atomic E-state index is -0.318. The highest BCUT2D eigenvalue weighted by molar-refractivity contribution is 5.94. The fourth-order valence-electron chi connectivity index (χ4n) is 3.81. The van der Waals surface area contributed by atoms with E-state index >= 15 is 0 Å². The highest BCUT2D eigenvalue weighted by atomic mass is 16.5. The van der Waals surface area contributed by atoms with Gasteiger partial charge in [-0.3, -0.25) is 9.89 Å². The molecule has 37 heavy (non-hydrogen) atoms. The van der Waals surface area contributed by atoms with E-state index in [2.05, 4.69) is 78.6 Å². The Morgan fingerprint density at radius 1 is 1.14 bits per heavy atom. The van der Waals surface area contributed by atoms with Crippen LogP contribution >= 0.6 is 0 Å². The molecule has 0 bridgehead atoms. The number of anilines is 2. The number of likely N-dealkylation sites (N-methyl/N-ethyl adjacent to an activating group) is 1. The summed E-state index contributed by atoms with van der Waals surface area (Å²) in [6.07, 6.45) is 8.93. The van der Waals surface area contributed by atoms with Gasteiger partial charge in [0.25, 0.3) is 6.47 Å². The maximum absolute atomic E-state index is 9.60. The molecule has 8 heteroatoms. The van der Waals surface area contributed by atoms with Gasteiger partial charge in [0.2, 0.25) is 0 Å². The van der Waals surface area contributed by atoms with Gasteiger partial charge in [0.05, 0.1) is 11.9 Å². The second-order valence-electron chi connectivity index (χ2n) is 9.56. The van der Waals surface area contributed by atoms with Crippen molar-refractivity contribution in [2.24, 2.45) is 0 Å². The number of hydrogen-bond acceptors (Lipinski definition) is 6. The number of H-pyrrole nitrogens is 2. The van der Waals surface area contributed by atoms with Gasteiger partial charge >= 0.3 is 0 Å². The Morgan fingerprint density at radius 3 is 2.57 bits per heavy atom. The Kier molecular flexibility index (Phi) is 9.63. The number of hydrogen-bond donors (Lipinski definition) is 3. The molecule has 3 N–H and O–H groups in total. The molecule has 0 saturated carbocycles. The number of nitrogens with one attached hydrogen (secondary N) is 3. The van der Waals surface area contributed by atoms with E-state index in [4.69, 9.17) is 0 Å². The van der Waals surface area contributed by atoms with Crippen LogP contribution in [0.1, 0.15) is 46.7 Å². The van der Waals surface area contributed by atoms with Crippen LogP contribution < -0.4 is 5.32 Å². The lowest BCUT2D eigenvalue weighted by atomic mass is 10.1. The lowest BCUT2D eigenvalue weighted by molar-refractivity contribution is -0.138. The Morgan fingerprint density at radius 2 is 1.95 bits per heavy atom. The summed E-state index contributed by atoms with van der Waals surface area (Å²) >= 11 is 0. The normalized spacial score (nSPS) is 13.5. The first kappa shape index (κ1) is 27.7. The first-order chi connectivity index (χ1) is 17.8. The van der Waals surface area contributed by atoms with E-state index in [0.29, 0.717) is 6.47 Å². The molecule has 8 nitrogen and oxygen atoms in total. The number of rotatable bonds is 5. The Bertz CT molecular complexity index is 1300. The number of ether oxygens (including phenoxy) is 1. The molecular formula is C29H38N6O2. The minimum Gasteiger partial charge on any atom is -0.462 e. The van der Waals surface area contributed by atoms with Gasteiger partial charge in [-0.05, 0) is 69.6 Å². The van der Waals surface area contributed by atoms with Gasteiger partial charge in [0.1, 0.15) is 11.2 Å². The molecule has 1 aliphatic heterocycles. The molecule has 4 heterocycles. The molecule has 0 unspecified atom stereocenters. The van der Waals surface area contributed by atoms with Crippen LogP contribution in [0, 0.1) is 0 Å². The van der Waals surface area contributed by atoms with Crippen LogP contribution in [0.3, 0.4) is 0 Å². The van der Waals surface area contributed by atoms with Crippen molar-refractivity contribution < 1.29 is 9.53 Å². The van der Waals surface area contributed by atoms with Crippen molar-refractivity contribution >= 4 is 34.5 Å². The predicted molar refractivity (Wildman–Crippen MR) is 152 cm³/mol. The fourth-order valence-corrected chi connectivity index (χ4v) is 3.81. The van der Waals surface area contributed by atoms with Gasteiger partial charge in [-0.1, -0.05) is 32.1 Å². The number of carbonyl (C=O) groups is 1. The summed E-state index contributed by atoms with van der Waals surface area (Å²) in [5.41, 5.74) is 7.39. The first-order valence-electron chi connectivity index (χ1n) is 12.7. The average molecular weight is 503 g/mol. The van der Waals surface area contributed by atoms with Crippen molar-refractivity contribution in [2.45, 2.75) is 46.6 Å². The number of benzene rings is 1. The van der Waals surface area contributed by atoms with Crippen LogP contribution in [-0.4, -0.2) is 57.3 Å². The highest BCUT2D eigenvalue weighted by Crippen LogP contribution is 2.31. The maximum Gasteiger partial charge on any atom is 0.293 e. The predicted octanol–water partition coefficient (Wildman–Crippen LogP) is 6.40. The van der Waals surface area contributed by atoms with E-state index in [1.54, 1.807) is 0 Å². The molecule has 196 valence electrons. The summed E-state index contributed by atoms with van der Waals surface area (Å²) in [7, 11) is 2.15. The summed E-state index contributed by atoms with van der Waals surface area (Å²) in [6.45, 7) is 12.0. The molecule has 1 aliphatic rings. The van der Waals surface area contributed by atoms with Crippen LogP contribution in [0.15, 0.2) is 61.1 Å². The van der Waals surface area contributed by atoms with Crippen molar-refractivity contribution in [1.29, 1.82) is 0 Å². The monoisotopic (exact) mass is 502 g/mol. The molecule has 0 aliphatic carbocycles. The van der Waals surface area contributed by atoms with Crippen LogP contribution in [0.2, 0.25) is 0 Å². The van der Waals surface area contributed by atoms with Crippen molar-refractivity contribution in [1.82, 2.24) is 25.1 Å². The van der Waals surface area contributed by atoms with Crippen LogP contribution in [0.4, 0.5) is 11.4 Å². The van der Waals surface area contributed by atoms with Crippen LogP contribution in [-0.2, 0) is 9.53 Å². The van der Waals surface area contributed by atoms with Crippen molar-refractivity contribution in [3.63, 3.8) is 0 Å². The fraction of sp³-hybridized carbons (Fsp3) is 0.345. The smallest absolute Gasteiger partial charge is 0.293 e. The van der Waals surface area contributed by atoms with Gasteiger partial charge in [-0.2, -0.15) is 5.10 Å². The van der Waals surface area contributed by atoms with E-state index in [1.807, 2.05) is 59.3 Å². The van der Waals surface area contributed by atoms with Crippen LogP contribution in [0.5, 0.6) is 0 Å². The largest absolute Gasteiger partial charge is 0.462 e. The SMILES string of the molecule is CC.CC(C)(C)OC=O.CN1CC=C(c2cc3c(Nc4cccc(-c5cn[nH]c5)c4)ccnc3[nH]2)CC1. The standard InChI is InChI=1S/C22H22N6.C5H10O2.C2H6/c1-28-9-6-15(7-10-28)21-12-19-20(5-8-23-22(19)27-21)26-18-4-2-3-16(11-18)17-13-24-25-14-17;1-5(2,3)7-4-6;1-2/h2-6,8,11-14H,7,9-10H2,1H3,(H,24,25)(H2,23,26,27);4H,1-3H3;1-2H3. The molecule has 3 aromatic heterocycles. The zero-order chi connectivity index (χ0) is 26.8. The van der Waals surface area contributed by atoms with Crippen molar-refractivity contribution in [3.05, 3.63) is 66.8 Å². The maximum atomic E-state index is 9.60. The summed E-state index contributed by atoms with van der Waals surface area (Å²) in [4.78, 5) is 19.9. The highest BCUT2D eigenvalue weighted by Gasteiger charge is 2.14. The number of nitrogens with zero attached hydrogens (tertiary/aromatic N) is 3. The summed E-state index contributed by atoms with van der Waals surface area (Å²) in [5.74, 6) is 0. The number of aromatic nitrogens is 4. The first-order valence-corrected chi connectivity index (χ1v) is 12.7. The molecule has 0 spiro atoms. The molecule has 5 rings (SSSR count). The summed E-state index contributed by atoms with van der Waals surface area (Å²) < 4.78 is 4.55. The Hall–Kier alpha value is -3.91. The number of carbonyl (C=O) groups excluding carboxylic acids is 1. The van der Waals surface area contributed by atoms with E-state index in [1.165, 1.54) is 5.57 Å². The minimum absolute atomic E-state index is 0.318. The molecular weight excluding hydrogens is 464 g/mol. The van der Waals surface area contributed by atoms with E-state index in [9.17, 15) is 4.79 Å². The average Bonchev–Trinajstić information content (AvgIpc) is 3.57. The zero-order valence-corrected chi connectivity index (χ0v) is 22.6. The third-order valence-corrected chi connectivity index (χ3v) is 5.66. The molecule has 0 atom stereocenters. The quantitative estimate of drug-likeness (QED) is 0.273. The topological polar surface area (TPSA) is 98.9 Å². The van der Waals surface area contributed by atoms with Gasteiger partial charge in [-0.15, -0.1) is 0 Å². The second-order valence-corrected chi connectivity index (χ2v) is 9.56. The zero-order valence-electron chi connectivity index (χ0n) is 22.6. The lowest BCUT2D eigenvalue weighted by Gasteiger charge is -2.21. The van der Waals surface area contributed by atoms with Crippen molar-refractivity contribution in [3.8, 4) is 11.1 Å². The molecule has 0 radical (unpaired) electrons. The summed E-state index contributed by atoms with van der Waals surface area (Å²) in [6, 6.07) is 12.6. The van der Waals surface area contributed by atoms with E-state index in [-0.39, 0.29) is 5.60 Å². The van der Waals surface area contributed by atoms with E-state index < -0.39 is 0 Å². The van der Waals surface area contributed by atoms with Crippen LogP contribution in [0.25, 0.3) is 27.7 Å². The third-order valence-electron chi connectivity index (χ3n) is 5.66. The van der Waals surface area contributed by atoms with Crippen molar-refractivity contribution in [2.75, 3.05) is 25.5 Å². The third kappa shape index (κ3) is 7.79. The van der Waals surface area contributed by atoms with Gasteiger partial charge in [-0.25, -0.2) is 4.98 Å². The molecule has 1 aromatic carbocycles. The second kappa shape index (κ2) is 12.9. The van der Waals surface area contributed by atoms with Gasteiger partial charge < -0.3 is 19.9 Å². The lowest BCUT2D eigenvalue weighted by Crippen LogP contribution is -2.23. The number of pyridine rings is 1. The number of aromatic amines is 2. The Labute approximate surface area is 219 Å². The van der Waals surface area contributed by atoms with E-state index in [0.717, 1.165) is 58.7 Å². The molecule has 0 amide bonds. The summed E-state index contributed by atoms with van der Waals surface area (Å²) in [5, 5.41) is 11.6. The molecule has 4 aromatic rings.